The van der Waals surface area contributed by atoms with Crippen LogP contribution < -0.4 is 0 Å². The summed E-state index contributed by atoms with van der Waals surface area (Å²) in [5.74, 6) is -5.13. The number of methoxy groups -OCH3 is 1. The molecule has 0 bridgehead atoms. The molecule has 0 radical (unpaired) electrons. The summed E-state index contributed by atoms with van der Waals surface area (Å²) in [6.45, 7) is 2.12. The maximum absolute atomic E-state index is 14.2. The van der Waals surface area contributed by atoms with Gasteiger partial charge < -0.3 is 4.74 Å². The maximum atomic E-state index is 14.2. The van der Waals surface area contributed by atoms with Crippen LogP contribution in [-0.2, 0) is 17.1 Å². The lowest BCUT2D eigenvalue weighted by molar-refractivity contribution is -0.0722. The zero-order chi connectivity index (χ0) is 14.6. The van der Waals surface area contributed by atoms with E-state index in [1.54, 1.807) is 0 Å². The van der Waals surface area contributed by atoms with Crippen LogP contribution in [-0.4, -0.2) is 19.5 Å². The lowest BCUT2D eigenvalue weighted by Crippen LogP contribution is -2.23. The molecule has 0 atom stereocenters. The molecule has 19 heavy (non-hydrogen) atoms. The molecular formula is C14H17F3O2. The SMILES string of the molecule is CCCc1ccc(C(F)(F)COC)c(F)c1C(C)=O. The van der Waals surface area contributed by atoms with E-state index in [2.05, 4.69) is 4.74 Å². The molecule has 1 aromatic rings. The number of aryl methyl sites for hydroxylation is 1. The molecule has 0 heterocycles. The number of halogens is 3. The quantitative estimate of drug-likeness (QED) is 0.739. The van der Waals surface area contributed by atoms with Crippen molar-refractivity contribution in [3.63, 3.8) is 0 Å². The van der Waals surface area contributed by atoms with Gasteiger partial charge in [0.25, 0.3) is 5.92 Å². The van der Waals surface area contributed by atoms with E-state index in [0.29, 0.717) is 18.4 Å². The van der Waals surface area contributed by atoms with E-state index >= 15 is 0 Å². The minimum Gasteiger partial charge on any atom is -0.378 e. The molecule has 0 spiro atoms. The highest BCUT2D eigenvalue weighted by molar-refractivity contribution is 5.96. The molecule has 1 rings (SSSR count). The number of benzene rings is 1. The number of carbonyl (C=O) groups is 1. The first-order chi connectivity index (χ1) is 8.85. The molecule has 0 unspecified atom stereocenters. The zero-order valence-electron chi connectivity index (χ0n) is 11.2. The third-order valence-corrected chi connectivity index (χ3v) is 2.82. The minimum absolute atomic E-state index is 0.241. The number of ketones is 1. The predicted molar refractivity (Wildman–Crippen MR) is 66.2 cm³/mol. The fraction of sp³-hybridized carbons (Fsp3) is 0.500. The molecule has 0 aliphatic carbocycles. The van der Waals surface area contributed by atoms with Crippen molar-refractivity contribution in [1.29, 1.82) is 0 Å². The predicted octanol–water partition coefficient (Wildman–Crippen LogP) is 3.72. The fourth-order valence-corrected chi connectivity index (χ4v) is 2.02. The summed E-state index contributed by atoms with van der Waals surface area (Å²) in [7, 11) is 1.11. The van der Waals surface area contributed by atoms with E-state index in [0.717, 1.165) is 13.2 Å². The van der Waals surface area contributed by atoms with Crippen molar-refractivity contribution in [2.24, 2.45) is 0 Å². The first-order valence-corrected chi connectivity index (χ1v) is 6.04. The number of ether oxygens (including phenoxy) is 1. The number of alkyl halides is 2. The van der Waals surface area contributed by atoms with E-state index < -0.39 is 29.7 Å². The lowest BCUT2D eigenvalue weighted by Gasteiger charge is -2.19. The van der Waals surface area contributed by atoms with Crippen LogP contribution in [0.5, 0.6) is 0 Å². The van der Waals surface area contributed by atoms with Crippen molar-refractivity contribution in [2.45, 2.75) is 32.6 Å². The number of rotatable bonds is 6. The van der Waals surface area contributed by atoms with E-state index in [-0.39, 0.29) is 5.56 Å². The normalized spacial score (nSPS) is 11.7. The lowest BCUT2D eigenvalue weighted by atomic mass is 9.95. The first kappa shape index (κ1) is 15.7. The van der Waals surface area contributed by atoms with Gasteiger partial charge in [-0.25, -0.2) is 4.39 Å². The second-order valence-electron chi connectivity index (χ2n) is 4.40. The highest BCUT2D eigenvalue weighted by atomic mass is 19.3. The molecule has 0 aromatic heterocycles. The molecule has 0 saturated carbocycles. The van der Waals surface area contributed by atoms with Crippen LogP contribution >= 0.6 is 0 Å². The molecule has 0 aliphatic heterocycles. The van der Waals surface area contributed by atoms with Gasteiger partial charge in [-0.3, -0.25) is 4.79 Å². The van der Waals surface area contributed by atoms with Crippen molar-refractivity contribution < 1.29 is 22.7 Å². The van der Waals surface area contributed by atoms with Crippen molar-refractivity contribution in [1.82, 2.24) is 0 Å². The Labute approximate surface area is 110 Å². The highest BCUT2D eigenvalue weighted by Crippen LogP contribution is 2.33. The Bertz CT molecular complexity index is 470. The van der Waals surface area contributed by atoms with Crippen LogP contribution in [0, 0.1) is 5.82 Å². The van der Waals surface area contributed by atoms with E-state index in [1.165, 1.54) is 13.0 Å². The van der Waals surface area contributed by atoms with Crippen LogP contribution in [0.2, 0.25) is 0 Å². The van der Waals surface area contributed by atoms with Crippen LogP contribution in [0.15, 0.2) is 12.1 Å². The van der Waals surface area contributed by atoms with Crippen molar-refractivity contribution in [3.8, 4) is 0 Å². The van der Waals surface area contributed by atoms with Gasteiger partial charge in [-0.2, -0.15) is 8.78 Å². The summed E-state index contributed by atoms with van der Waals surface area (Å²) in [6, 6.07) is 2.42. The number of hydrogen-bond acceptors (Lipinski definition) is 2. The van der Waals surface area contributed by atoms with Crippen molar-refractivity contribution in [2.75, 3.05) is 13.7 Å². The molecule has 0 saturated heterocycles. The highest BCUT2D eigenvalue weighted by Gasteiger charge is 2.36. The van der Waals surface area contributed by atoms with Gasteiger partial charge in [-0.15, -0.1) is 0 Å². The molecule has 0 aliphatic rings. The largest absolute Gasteiger partial charge is 0.378 e. The summed E-state index contributed by atoms with van der Waals surface area (Å²) in [5, 5.41) is 0. The van der Waals surface area contributed by atoms with Gasteiger partial charge in [0, 0.05) is 7.11 Å². The number of carbonyl (C=O) groups excluding carboxylic acids is 1. The second kappa shape index (κ2) is 6.19. The van der Waals surface area contributed by atoms with Gasteiger partial charge in [0.05, 0.1) is 11.1 Å². The second-order valence-corrected chi connectivity index (χ2v) is 4.40. The smallest absolute Gasteiger partial charge is 0.298 e. The average molecular weight is 274 g/mol. The summed E-state index contributed by atoms with van der Waals surface area (Å²) in [4.78, 5) is 11.5. The topological polar surface area (TPSA) is 26.3 Å². The third kappa shape index (κ3) is 3.35. The Morgan fingerprint density at radius 3 is 2.47 bits per heavy atom. The van der Waals surface area contributed by atoms with E-state index in [1.807, 2.05) is 6.92 Å². The maximum Gasteiger partial charge on any atom is 0.298 e. The van der Waals surface area contributed by atoms with Crippen molar-refractivity contribution >= 4 is 5.78 Å². The molecule has 0 N–H and O–H groups in total. The Morgan fingerprint density at radius 2 is 2.00 bits per heavy atom. The first-order valence-electron chi connectivity index (χ1n) is 6.04. The van der Waals surface area contributed by atoms with Gasteiger partial charge >= 0.3 is 0 Å². The molecule has 0 amide bonds. The zero-order valence-corrected chi connectivity index (χ0v) is 11.2. The Morgan fingerprint density at radius 1 is 1.37 bits per heavy atom. The number of Topliss-reactive ketones (excluding diaryl/α,β-unsaturated/α-hetero) is 1. The molecule has 2 nitrogen and oxygen atoms in total. The molecule has 1 aromatic carbocycles. The summed E-state index contributed by atoms with van der Waals surface area (Å²) < 4.78 is 46.0. The van der Waals surface area contributed by atoms with Crippen LogP contribution in [0.4, 0.5) is 13.2 Å². The van der Waals surface area contributed by atoms with E-state index in [4.69, 9.17) is 0 Å². The Hall–Kier alpha value is -1.36. The minimum atomic E-state index is -3.45. The van der Waals surface area contributed by atoms with Crippen LogP contribution in [0.3, 0.4) is 0 Å². The van der Waals surface area contributed by atoms with Gasteiger partial charge in [0.2, 0.25) is 0 Å². The van der Waals surface area contributed by atoms with Crippen LogP contribution in [0.25, 0.3) is 0 Å². The summed E-state index contributed by atoms with van der Waals surface area (Å²) in [6.07, 6.45) is 1.18. The third-order valence-electron chi connectivity index (χ3n) is 2.82. The average Bonchev–Trinajstić information content (AvgIpc) is 2.28. The van der Waals surface area contributed by atoms with Gasteiger partial charge in [-0.05, 0) is 25.0 Å². The molecule has 106 valence electrons. The molecule has 5 heteroatoms. The van der Waals surface area contributed by atoms with Gasteiger partial charge in [0.15, 0.2) is 5.78 Å². The monoisotopic (exact) mass is 274 g/mol. The number of hydrogen-bond donors (Lipinski definition) is 0. The van der Waals surface area contributed by atoms with Gasteiger partial charge in [-0.1, -0.05) is 19.4 Å². The molecular weight excluding hydrogens is 257 g/mol. The van der Waals surface area contributed by atoms with Gasteiger partial charge in [0.1, 0.15) is 12.4 Å². The Kier molecular flexibility index (Phi) is 5.11. The Balaban J connectivity index is 3.38. The summed E-state index contributed by atoms with van der Waals surface area (Å²) in [5.41, 5.74) is -0.570. The summed E-state index contributed by atoms with van der Waals surface area (Å²) >= 11 is 0. The standard InChI is InChI=1S/C14H17F3O2/c1-4-5-10-6-7-11(14(16,17)8-19-3)13(15)12(10)9(2)18/h6-7H,4-5,8H2,1-3H3. The van der Waals surface area contributed by atoms with Crippen molar-refractivity contribution in [3.05, 3.63) is 34.6 Å². The fourth-order valence-electron chi connectivity index (χ4n) is 2.02. The molecule has 0 fully saturated rings. The van der Waals surface area contributed by atoms with E-state index in [9.17, 15) is 18.0 Å². The van der Waals surface area contributed by atoms with Crippen LogP contribution in [0.1, 0.15) is 41.8 Å².